The van der Waals surface area contributed by atoms with Crippen LogP contribution in [-0.4, -0.2) is 23.9 Å². The number of carbonyl (C=O) groups is 1. The number of ether oxygens (including phenoxy) is 2. The molecule has 0 unspecified atom stereocenters. The summed E-state index contributed by atoms with van der Waals surface area (Å²) in [5.41, 5.74) is -0.0403. The fourth-order valence-electron chi connectivity index (χ4n) is 1.44. The summed E-state index contributed by atoms with van der Waals surface area (Å²) in [5.74, 6) is 0.0317. The molecule has 0 amide bonds. The Bertz CT molecular complexity index is 496. The van der Waals surface area contributed by atoms with Crippen molar-refractivity contribution in [2.24, 2.45) is 0 Å². The third kappa shape index (κ3) is 3.54. The van der Waals surface area contributed by atoms with Crippen LogP contribution >= 0.6 is 0 Å². The summed E-state index contributed by atoms with van der Waals surface area (Å²) in [6.45, 7) is 7.07. The molecule has 0 radical (unpaired) electrons. The summed E-state index contributed by atoms with van der Waals surface area (Å²) in [7, 11) is 0. The lowest BCUT2D eigenvalue weighted by Crippen LogP contribution is -2.10. The first kappa shape index (κ1) is 14.7. The van der Waals surface area contributed by atoms with Crippen LogP contribution < -0.4 is 9.47 Å². The molecule has 0 aliphatic heterocycles. The van der Waals surface area contributed by atoms with Crippen molar-refractivity contribution in [1.29, 1.82) is 0 Å². The van der Waals surface area contributed by atoms with E-state index in [2.05, 4.69) is 6.58 Å². The van der Waals surface area contributed by atoms with Gasteiger partial charge in [-0.25, -0.2) is 0 Å². The number of benzene rings is 1. The molecule has 1 aromatic carbocycles. The van der Waals surface area contributed by atoms with Crippen molar-refractivity contribution in [2.45, 2.75) is 20.0 Å². The maximum absolute atomic E-state index is 11.0. The van der Waals surface area contributed by atoms with Crippen LogP contribution in [0.15, 0.2) is 24.8 Å². The van der Waals surface area contributed by atoms with Crippen LogP contribution in [0.25, 0.3) is 0 Å². The van der Waals surface area contributed by atoms with Crippen molar-refractivity contribution in [3.8, 4) is 11.5 Å². The first-order valence-corrected chi connectivity index (χ1v) is 5.68. The van der Waals surface area contributed by atoms with Gasteiger partial charge in [0.25, 0.3) is 0 Å². The van der Waals surface area contributed by atoms with Crippen molar-refractivity contribution in [1.82, 2.24) is 0 Å². The number of nitrogens with zero attached hydrogens (tertiary/aromatic N) is 1. The third-order valence-corrected chi connectivity index (χ3v) is 2.14. The molecule has 0 bridgehead atoms. The molecule has 0 aliphatic carbocycles. The van der Waals surface area contributed by atoms with E-state index in [0.717, 1.165) is 0 Å². The molecule has 0 N–H and O–H groups in total. The fourth-order valence-corrected chi connectivity index (χ4v) is 1.44. The Hall–Kier alpha value is -2.37. The van der Waals surface area contributed by atoms with E-state index in [9.17, 15) is 14.9 Å². The number of nitro benzene ring substituents is 1. The molecule has 102 valence electrons. The molecule has 6 heteroatoms. The van der Waals surface area contributed by atoms with Gasteiger partial charge in [-0.1, -0.05) is 12.7 Å². The number of nitro groups is 1. The van der Waals surface area contributed by atoms with Crippen LogP contribution in [0.2, 0.25) is 0 Å². The van der Waals surface area contributed by atoms with Gasteiger partial charge < -0.3 is 9.47 Å². The van der Waals surface area contributed by atoms with Gasteiger partial charge in [0.05, 0.1) is 16.6 Å². The normalized spacial score (nSPS) is 10.1. The summed E-state index contributed by atoms with van der Waals surface area (Å²) in [5, 5.41) is 11.0. The van der Waals surface area contributed by atoms with Gasteiger partial charge in [-0.15, -0.1) is 0 Å². The molecule has 0 spiro atoms. The molecule has 1 aromatic rings. The minimum atomic E-state index is -0.576. The first-order valence-electron chi connectivity index (χ1n) is 5.68. The predicted molar refractivity (Wildman–Crippen MR) is 69.9 cm³/mol. The van der Waals surface area contributed by atoms with Crippen LogP contribution in [0.5, 0.6) is 11.5 Å². The van der Waals surface area contributed by atoms with E-state index in [1.165, 1.54) is 18.2 Å². The quantitative estimate of drug-likeness (QED) is 0.328. The van der Waals surface area contributed by atoms with E-state index in [1.807, 2.05) is 0 Å². The van der Waals surface area contributed by atoms with Crippen molar-refractivity contribution in [3.05, 3.63) is 40.5 Å². The average molecular weight is 265 g/mol. The summed E-state index contributed by atoms with van der Waals surface area (Å²) in [4.78, 5) is 21.4. The molecule has 0 atom stereocenters. The first-order chi connectivity index (χ1) is 9.01. The largest absolute Gasteiger partial charge is 0.485 e. The lowest BCUT2D eigenvalue weighted by Gasteiger charge is -2.15. The van der Waals surface area contributed by atoms with Crippen LogP contribution in [-0.2, 0) is 0 Å². The van der Waals surface area contributed by atoms with Crippen molar-refractivity contribution in [2.75, 3.05) is 6.61 Å². The van der Waals surface area contributed by atoms with Crippen LogP contribution in [0.4, 0.5) is 5.69 Å². The number of hydrogen-bond acceptors (Lipinski definition) is 5. The van der Waals surface area contributed by atoms with Crippen LogP contribution in [0, 0.1) is 10.1 Å². The molecule has 0 saturated carbocycles. The van der Waals surface area contributed by atoms with Crippen LogP contribution in [0.1, 0.15) is 24.2 Å². The molecule has 19 heavy (non-hydrogen) atoms. The van der Waals surface area contributed by atoms with Gasteiger partial charge in [0.2, 0.25) is 5.75 Å². The second-order valence-corrected chi connectivity index (χ2v) is 3.97. The van der Waals surface area contributed by atoms with Gasteiger partial charge in [0.15, 0.2) is 12.0 Å². The zero-order valence-electron chi connectivity index (χ0n) is 10.8. The maximum Gasteiger partial charge on any atom is 0.314 e. The molecule has 1 rings (SSSR count). The van der Waals surface area contributed by atoms with Crippen molar-refractivity contribution < 1.29 is 19.2 Å². The average Bonchev–Trinajstić information content (AvgIpc) is 2.35. The van der Waals surface area contributed by atoms with E-state index in [0.29, 0.717) is 6.29 Å². The second-order valence-electron chi connectivity index (χ2n) is 3.97. The zero-order chi connectivity index (χ0) is 14.4. The molecule has 0 fully saturated rings. The molecular formula is C13H15NO5. The maximum atomic E-state index is 11.0. The van der Waals surface area contributed by atoms with E-state index in [-0.39, 0.29) is 35.5 Å². The number of hydrogen-bond donors (Lipinski definition) is 0. The number of aldehydes is 1. The monoisotopic (exact) mass is 265 g/mol. The highest BCUT2D eigenvalue weighted by molar-refractivity contribution is 5.83. The lowest BCUT2D eigenvalue weighted by molar-refractivity contribution is -0.386. The van der Waals surface area contributed by atoms with Gasteiger partial charge in [0, 0.05) is 6.07 Å². The van der Waals surface area contributed by atoms with E-state index in [1.54, 1.807) is 13.8 Å². The zero-order valence-corrected chi connectivity index (χ0v) is 10.8. The van der Waals surface area contributed by atoms with Gasteiger partial charge >= 0.3 is 5.69 Å². The molecule has 0 heterocycles. The van der Waals surface area contributed by atoms with E-state index >= 15 is 0 Å². The van der Waals surface area contributed by atoms with Crippen LogP contribution in [0.3, 0.4) is 0 Å². The standard InChI is InChI=1S/C13H15NO5/c1-4-7-18-12-10(8-15)5-6-11(14(16)17)13(12)19-9(2)3/h4-6,8-9H,1,7H2,2-3H3. The highest BCUT2D eigenvalue weighted by Crippen LogP contribution is 2.40. The molecule has 0 aliphatic rings. The molecule has 0 aromatic heterocycles. The Labute approximate surface area is 110 Å². The third-order valence-electron chi connectivity index (χ3n) is 2.14. The Morgan fingerprint density at radius 2 is 2.11 bits per heavy atom. The Kier molecular flexibility index (Phi) is 5.05. The lowest BCUT2D eigenvalue weighted by atomic mass is 10.1. The molecule has 6 nitrogen and oxygen atoms in total. The smallest absolute Gasteiger partial charge is 0.314 e. The topological polar surface area (TPSA) is 78.7 Å². The fraction of sp³-hybridized carbons (Fsp3) is 0.308. The van der Waals surface area contributed by atoms with E-state index in [4.69, 9.17) is 9.47 Å². The number of carbonyl (C=O) groups excluding carboxylic acids is 1. The Morgan fingerprint density at radius 3 is 2.58 bits per heavy atom. The van der Waals surface area contributed by atoms with E-state index < -0.39 is 4.92 Å². The number of rotatable bonds is 7. The summed E-state index contributed by atoms with van der Waals surface area (Å²) < 4.78 is 10.7. The van der Waals surface area contributed by atoms with Gasteiger partial charge in [0.1, 0.15) is 6.61 Å². The second kappa shape index (κ2) is 6.53. The van der Waals surface area contributed by atoms with Crippen molar-refractivity contribution in [3.63, 3.8) is 0 Å². The minimum Gasteiger partial charge on any atom is -0.485 e. The summed E-state index contributed by atoms with van der Waals surface area (Å²) in [6.07, 6.45) is 1.76. The summed E-state index contributed by atoms with van der Waals surface area (Å²) in [6, 6.07) is 2.55. The van der Waals surface area contributed by atoms with Gasteiger partial charge in [-0.2, -0.15) is 0 Å². The predicted octanol–water partition coefficient (Wildman–Crippen LogP) is 2.76. The highest BCUT2D eigenvalue weighted by Gasteiger charge is 2.24. The summed E-state index contributed by atoms with van der Waals surface area (Å²) >= 11 is 0. The highest BCUT2D eigenvalue weighted by atomic mass is 16.6. The minimum absolute atomic E-state index is 0.0357. The Balaban J connectivity index is 3.40. The Morgan fingerprint density at radius 1 is 1.42 bits per heavy atom. The SMILES string of the molecule is C=CCOc1c(C=O)ccc([N+](=O)[O-])c1OC(C)C. The van der Waals surface area contributed by atoms with Gasteiger partial charge in [-0.3, -0.25) is 14.9 Å². The van der Waals surface area contributed by atoms with Crippen molar-refractivity contribution >= 4 is 12.0 Å². The van der Waals surface area contributed by atoms with Gasteiger partial charge in [-0.05, 0) is 19.9 Å². The molecule has 0 saturated heterocycles. The molecular weight excluding hydrogens is 250 g/mol.